The third kappa shape index (κ3) is 3.25. The van der Waals surface area contributed by atoms with Gasteiger partial charge >= 0.3 is 0 Å². The van der Waals surface area contributed by atoms with E-state index in [1.54, 1.807) is 0 Å². The van der Waals surface area contributed by atoms with Crippen LogP contribution >= 0.6 is 0 Å². The molecule has 7 heteroatoms. The maximum absolute atomic E-state index is 4.84. The lowest BCUT2D eigenvalue weighted by molar-refractivity contribution is 0.471. The van der Waals surface area contributed by atoms with Crippen molar-refractivity contribution in [2.45, 2.75) is 32.7 Å². The molecule has 0 aromatic carbocycles. The molecule has 3 aromatic rings. The molecular formula is C22H27N7. The zero-order valence-electron chi connectivity index (χ0n) is 17.0. The summed E-state index contributed by atoms with van der Waals surface area (Å²) in [5, 5.41) is 6.90. The highest BCUT2D eigenvalue weighted by Gasteiger charge is 2.34. The van der Waals surface area contributed by atoms with Gasteiger partial charge in [-0.05, 0) is 31.5 Å². The van der Waals surface area contributed by atoms with Crippen LogP contribution in [0.1, 0.15) is 26.7 Å². The van der Waals surface area contributed by atoms with E-state index in [4.69, 9.17) is 4.98 Å². The van der Waals surface area contributed by atoms with E-state index >= 15 is 0 Å². The van der Waals surface area contributed by atoms with Crippen molar-refractivity contribution in [1.82, 2.24) is 24.7 Å². The first-order valence-corrected chi connectivity index (χ1v) is 10.3. The van der Waals surface area contributed by atoms with Gasteiger partial charge in [-0.3, -0.25) is 4.40 Å². The van der Waals surface area contributed by atoms with Crippen molar-refractivity contribution in [3.63, 3.8) is 0 Å². The number of hydrogen-bond acceptors (Lipinski definition) is 6. The van der Waals surface area contributed by atoms with Gasteiger partial charge in [0, 0.05) is 30.2 Å². The summed E-state index contributed by atoms with van der Waals surface area (Å²) in [5.41, 5.74) is 3.88. The molecule has 2 saturated heterocycles. The maximum atomic E-state index is 4.84. The normalized spacial score (nSPS) is 21.2. The van der Waals surface area contributed by atoms with E-state index in [0.29, 0.717) is 6.04 Å². The molecule has 0 bridgehead atoms. The first kappa shape index (κ1) is 18.1. The number of allylic oxidation sites excluding steroid dienone is 1. The van der Waals surface area contributed by atoms with Gasteiger partial charge < -0.3 is 15.5 Å². The Bertz CT molecular complexity index is 1060. The molecule has 0 amide bonds. The van der Waals surface area contributed by atoms with Crippen molar-refractivity contribution >= 4 is 17.3 Å². The van der Waals surface area contributed by atoms with Gasteiger partial charge in [0.1, 0.15) is 11.6 Å². The topological polar surface area (TPSA) is 70.4 Å². The molecule has 5 rings (SSSR count). The Morgan fingerprint density at radius 1 is 1.24 bits per heavy atom. The van der Waals surface area contributed by atoms with E-state index in [1.807, 2.05) is 36.8 Å². The van der Waals surface area contributed by atoms with E-state index in [1.165, 1.54) is 0 Å². The third-order valence-electron chi connectivity index (χ3n) is 6.15. The number of aromatic nitrogens is 4. The summed E-state index contributed by atoms with van der Waals surface area (Å²) in [5.74, 6) is 1.80. The number of nitrogens with one attached hydrogen (secondary N) is 2. The zero-order chi connectivity index (χ0) is 20.0. The van der Waals surface area contributed by atoms with Gasteiger partial charge in [0.25, 0.3) is 0 Å². The van der Waals surface area contributed by atoms with Crippen LogP contribution in [0.15, 0.2) is 49.1 Å². The molecule has 1 unspecified atom stereocenters. The third-order valence-corrected chi connectivity index (χ3v) is 6.15. The molecule has 29 heavy (non-hydrogen) atoms. The Morgan fingerprint density at radius 3 is 2.90 bits per heavy atom. The van der Waals surface area contributed by atoms with Gasteiger partial charge in [-0.1, -0.05) is 26.5 Å². The second-order valence-electron chi connectivity index (χ2n) is 8.59. The lowest BCUT2D eigenvalue weighted by atomic mass is 9.90. The molecule has 2 N–H and O–H groups in total. The Hall–Kier alpha value is -2.93. The number of anilines is 2. The van der Waals surface area contributed by atoms with Gasteiger partial charge in [0.15, 0.2) is 5.65 Å². The lowest BCUT2D eigenvalue weighted by Crippen LogP contribution is -2.22. The minimum absolute atomic E-state index is 0.102. The fourth-order valence-electron chi connectivity index (χ4n) is 4.14. The minimum atomic E-state index is 0.102. The number of hydrogen-bond donors (Lipinski definition) is 2. The van der Waals surface area contributed by atoms with Crippen molar-refractivity contribution in [2.24, 2.45) is 5.41 Å². The van der Waals surface area contributed by atoms with Crippen LogP contribution in [-0.2, 0) is 0 Å². The van der Waals surface area contributed by atoms with Gasteiger partial charge in [-0.25, -0.2) is 15.0 Å². The highest BCUT2D eigenvalue weighted by Crippen LogP contribution is 2.40. The monoisotopic (exact) mass is 389 g/mol. The lowest BCUT2D eigenvalue weighted by Gasteiger charge is -2.24. The zero-order valence-corrected chi connectivity index (χ0v) is 17.0. The smallest absolute Gasteiger partial charge is 0.155 e. The predicted molar refractivity (Wildman–Crippen MR) is 116 cm³/mol. The number of pyridine rings is 1. The summed E-state index contributed by atoms with van der Waals surface area (Å²) in [6, 6.07) is 6.52. The standard InChI is InChI=1S/C22H27N7/c1-15-22(2,3)8-10-28(15)21-14-29-18(12-24-20(29)13-25-21)17-5-4-6-19(27-17)26-16-7-9-23-11-16/h4-6,12-14,16,23H,1,7-11H2,2-3H3,(H,26,27). The molecule has 0 saturated carbocycles. The second-order valence-corrected chi connectivity index (χ2v) is 8.59. The summed E-state index contributed by atoms with van der Waals surface area (Å²) in [4.78, 5) is 16.2. The molecule has 5 heterocycles. The van der Waals surface area contributed by atoms with E-state index in [9.17, 15) is 0 Å². The summed E-state index contributed by atoms with van der Waals surface area (Å²) in [6.07, 6.45) is 7.93. The minimum Gasteiger partial charge on any atom is -0.366 e. The molecule has 1 atom stereocenters. The van der Waals surface area contributed by atoms with E-state index in [0.717, 1.165) is 66.8 Å². The Balaban J connectivity index is 1.49. The molecule has 0 radical (unpaired) electrons. The molecule has 7 nitrogen and oxygen atoms in total. The van der Waals surface area contributed by atoms with Crippen LogP contribution in [0.2, 0.25) is 0 Å². The molecule has 2 aliphatic heterocycles. The van der Waals surface area contributed by atoms with Crippen molar-refractivity contribution in [3.8, 4) is 11.4 Å². The maximum Gasteiger partial charge on any atom is 0.155 e. The number of rotatable bonds is 4. The van der Waals surface area contributed by atoms with E-state index in [2.05, 4.69) is 50.3 Å². The highest BCUT2D eigenvalue weighted by molar-refractivity contribution is 5.63. The van der Waals surface area contributed by atoms with Gasteiger partial charge in [0.05, 0.1) is 30.0 Å². The van der Waals surface area contributed by atoms with Crippen LogP contribution in [0, 0.1) is 5.41 Å². The van der Waals surface area contributed by atoms with Gasteiger partial charge in [-0.2, -0.15) is 0 Å². The number of fused-ring (bicyclic) bond motifs is 1. The van der Waals surface area contributed by atoms with Crippen LogP contribution in [0.3, 0.4) is 0 Å². The first-order valence-electron chi connectivity index (χ1n) is 10.3. The van der Waals surface area contributed by atoms with Crippen molar-refractivity contribution in [3.05, 3.63) is 49.1 Å². The summed E-state index contributed by atoms with van der Waals surface area (Å²) < 4.78 is 2.07. The van der Waals surface area contributed by atoms with Crippen molar-refractivity contribution < 1.29 is 0 Å². The second kappa shape index (κ2) is 6.84. The summed E-state index contributed by atoms with van der Waals surface area (Å²) in [7, 11) is 0. The molecule has 150 valence electrons. The molecular weight excluding hydrogens is 362 g/mol. The summed E-state index contributed by atoms with van der Waals surface area (Å²) >= 11 is 0. The molecule has 2 fully saturated rings. The molecule has 0 aliphatic carbocycles. The fraction of sp³-hybridized carbons (Fsp3) is 0.409. The van der Waals surface area contributed by atoms with Crippen LogP contribution < -0.4 is 15.5 Å². The summed E-state index contributed by atoms with van der Waals surface area (Å²) in [6.45, 7) is 11.7. The van der Waals surface area contributed by atoms with Crippen LogP contribution in [0.25, 0.3) is 17.0 Å². The van der Waals surface area contributed by atoms with Gasteiger partial charge in [0.2, 0.25) is 0 Å². The first-order chi connectivity index (χ1) is 14.0. The predicted octanol–water partition coefficient (Wildman–Crippen LogP) is 3.32. The number of imidazole rings is 1. The molecule has 0 spiro atoms. The fourth-order valence-corrected chi connectivity index (χ4v) is 4.14. The Morgan fingerprint density at radius 2 is 2.14 bits per heavy atom. The largest absolute Gasteiger partial charge is 0.366 e. The van der Waals surface area contributed by atoms with Crippen molar-refractivity contribution in [2.75, 3.05) is 29.9 Å². The van der Waals surface area contributed by atoms with Crippen LogP contribution in [0.4, 0.5) is 11.6 Å². The average Bonchev–Trinajstić information content (AvgIpc) is 3.42. The van der Waals surface area contributed by atoms with E-state index < -0.39 is 0 Å². The molecule has 3 aromatic heterocycles. The Kier molecular flexibility index (Phi) is 4.28. The quantitative estimate of drug-likeness (QED) is 0.713. The average molecular weight is 390 g/mol. The SMILES string of the molecule is C=C1N(c2cn3c(-c4cccc(NC5CCNC5)n4)cnc3cn2)CCC1(C)C. The van der Waals surface area contributed by atoms with Gasteiger partial charge in [-0.15, -0.1) is 0 Å². The Labute approximate surface area is 170 Å². The number of nitrogens with zero attached hydrogens (tertiary/aromatic N) is 5. The highest BCUT2D eigenvalue weighted by atomic mass is 15.2. The van der Waals surface area contributed by atoms with Crippen LogP contribution in [-0.4, -0.2) is 45.0 Å². The van der Waals surface area contributed by atoms with E-state index in [-0.39, 0.29) is 5.41 Å². The van der Waals surface area contributed by atoms with Crippen LogP contribution in [0.5, 0.6) is 0 Å². The van der Waals surface area contributed by atoms with Crippen molar-refractivity contribution in [1.29, 1.82) is 0 Å². The molecule has 2 aliphatic rings.